The third-order valence-electron chi connectivity index (χ3n) is 4.15. The molecule has 2 heterocycles. The van der Waals surface area contributed by atoms with Gasteiger partial charge in [-0.25, -0.2) is 8.42 Å². The first-order valence-corrected chi connectivity index (χ1v) is 8.63. The van der Waals surface area contributed by atoms with Crippen LogP contribution in [0.3, 0.4) is 0 Å². The number of carbonyl (C=O) groups is 1. The van der Waals surface area contributed by atoms with Gasteiger partial charge < -0.3 is 4.57 Å². The number of hydrogen-bond acceptors (Lipinski definition) is 3. The van der Waals surface area contributed by atoms with Crippen molar-refractivity contribution in [2.75, 3.05) is 6.54 Å². The normalized spacial score (nSPS) is 18.9. The summed E-state index contributed by atoms with van der Waals surface area (Å²) in [7, 11) is -3.57. The zero-order valence-electron chi connectivity index (χ0n) is 12.6. The highest BCUT2D eigenvalue weighted by Crippen LogP contribution is 2.31. The van der Waals surface area contributed by atoms with Gasteiger partial charge >= 0.3 is 0 Å². The predicted molar refractivity (Wildman–Crippen MR) is 83.2 cm³/mol. The molecule has 0 bridgehead atoms. The number of nitrogens with zero attached hydrogens (tertiary/aromatic N) is 2. The largest absolute Gasteiger partial charge is 0.349 e. The Morgan fingerprint density at radius 1 is 1.14 bits per heavy atom. The molecule has 5 nitrogen and oxygen atoms in total. The van der Waals surface area contributed by atoms with Crippen molar-refractivity contribution >= 4 is 15.8 Å². The van der Waals surface area contributed by atoms with E-state index in [9.17, 15) is 13.2 Å². The maximum Gasteiger partial charge on any atom is 0.243 e. The number of hydrogen-bond donors (Lipinski definition) is 0. The molecule has 0 spiro atoms. The molecule has 116 valence electrons. The second-order valence-corrected chi connectivity index (χ2v) is 7.39. The van der Waals surface area contributed by atoms with Crippen LogP contribution in [-0.4, -0.2) is 29.6 Å². The summed E-state index contributed by atoms with van der Waals surface area (Å²) in [6.07, 6.45) is 1.97. The van der Waals surface area contributed by atoms with Gasteiger partial charge in [0.1, 0.15) is 0 Å². The number of benzene rings is 1. The maximum absolute atomic E-state index is 12.8. The molecule has 0 unspecified atom stereocenters. The maximum atomic E-state index is 12.8. The molecule has 0 saturated heterocycles. The smallest absolute Gasteiger partial charge is 0.243 e. The summed E-state index contributed by atoms with van der Waals surface area (Å²) < 4.78 is 29.3. The topological polar surface area (TPSA) is 59.4 Å². The van der Waals surface area contributed by atoms with Gasteiger partial charge in [0.2, 0.25) is 10.0 Å². The molecular weight excluding hydrogens is 300 g/mol. The first kappa shape index (κ1) is 15.0. The minimum Gasteiger partial charge on any atom is -0.349 e. The van der Waals surface area contributed by atoms with E-state index in [2.05, 4.69) is 4.57 Å². The number of ketones is 1. The van der Waals surface area contributed by atoms with Gasteiger partial charge in [0.25, 0.3) is 0 Å². The lowest BCUT2D eigenvalue weighted by atomic mass is 10.2. The quantitative estimate of drug-likeness (QED) is 0.817. The van der Waals surface area contributed by atoms with E-state index in [1.807, 2.05) is 25.3 Å². The van der Waals surface area contributed by atoms with Crippen LogP contribution in [0.2, 0.25) is 0 Å². The Morgan fingerprint density at radius 2 is 1.82 bits per heavy atom. The summed E-state index contributed by atoms with van der Waals surface area (Å²) in [4.78, 5) is 11.5. The number of sulfonamides is 1. The van der Waals surface area contributed by atoms with Crippen molar-refractivity contribution < 1.29 is 13.2 Å². The van der Waals surface area contributed by atoms with Crippen molar-refractivity contribution in [1.29, 1.82) is 0 Å². The van der Waals surface area contributed by atoms with E-state index >= 15 is 0 Å². The Morgan fingerprint density at radius 3 is 2.45 bits per heavy atom. The van der Waals surface area contributed by atoms with Crippen molar-refractivity contribution in [3.05, 3.63) is 53.9 Å². The van der Waals surface area contributed by atoms with Crippen molar-refractivity contribution in [2.24, 2.45) is 0 Å². The van der Waals surface area contributed by atoms with E-state index in [4.69, 9.17) is 0 Å². The number of aromatic nitrogens is 1. The minimum absolute atomic E-state index is 0.0758. The summed E-state index contributed by atoms with van der Waals surface area (Å²) in [5.74, 6) is -0.0758. The molecule has 3 rings (SSSR count). The van der Waals surface area contributed by atoms with Gasteiger partial charge in [-0.05, 0) is 38.1 Å². The fourth-order valence-electron chi connectivity index (χ4n) is 2.88. The Bertz CT molecular complexity index is 806. The zero-order chi connectivity index (χ0) is 15.9. The van der Waals surface area contributed by atoms with E-state index < -0.39 is 10.0 Å². The van der Waals surface area contributed by atoms with E-state index in [1.165, 1.54) is 23.4 Å². The highest BCUT2D eigenvalue weighted by atomic mass is 32.2. The van der Waals surface area contributed by atoms with E-state index in [1.54, 1.807) is 12.1 Å². The van der Waals surface area contributed by atoms with Gasteiger partial charge in [-0.3, -0.25) is 4.79 Å². The third-order valence-corrected chi connectivity index (χ3v) is 6.14. The number of rotatable bonds is 3. The van der Waals surface area contributed by atoms with Crippen molar-refractivity contribution in [2.45, 2.75) is 31.3 Å². The predicted octanol–water partition coefficient (Wildman–Crippen LogP) is 2.46. The standard InChI is InChI=1S/C16H18N2O3S/c1-12-16-4-3-9-17(16)10-11-18(12)22(20,21)15-7-5-14(6-8-15)13(2)19/h3-9,12H,10-11H2,1-2H3/t12-/m1/s1. The van der Waals surface area contributed by atoms with Gasteiger partial charge in [-0.2, -0.15) is 4.31 Å². The van der Waals surface area contributed by atoms with Crippen LogP contribution in [-0.2, 0) is 16.6 Å². The van der Waals surface area contributed by atoms with Gasteiger partial charge in [0.05, 0.1) is 10.9 Å². The highest BCUT2D eigenvalue weighted by molar-refractivity contribution is 7.89. The van der Waals surface area contributed by atoms with Crippen LogP contribution in [0.15, 0.2) is 47.5 Å². The first-order chi connectivity index (χ1) is 10.4. The Kier molecular flexibility index (Phi) is 3.66. The summed E-state index contributed by atoms with van der Waals surface area (Å²) in [6.45, 7) is 4.45. The summed E-state index contributed by atoms with van der Waals surface area (Å²) >= 11 is 0. The van der Waals surface area contributed by atoms with E-state index in [0.717, 1.165) is 5.69 Å². The van der Waals surface area contributed by atoms with Gasteiger partial charge in [0, 0.05) is 30.5 Å². The van der Waals surface area contributed by atoms with Crippen LogP contribution >= 0.6 is 0 Å². The Labute approximate surface area is 130 Å². The molecule has 1 aromatic heterocycles. The second kappa shape index (κ2) is 5.37. The molecule has 1 atom stereocenters. The molecular formula is C16H18N2O3S. The lowest BCUT2D eigenvalue weighted by molar-refractivity contribution is 0.101. The molecule has 1 aliphatic rings. The highest BCUT2D eigenvalue weighted by Gasteiger charge is 2.33. The molecule has 22 heavy (non-hydrogen) atoms. The summed E-state index contributed by atoms with van der Waals surface area (Å²) in [5.41, 5.74) is 1.51. The van der Waals surface area contributed by atoms with Crippen LogP contribution in [0, 0.1) is 0 Å². The first-order valence-electron chi connectivity index (χ1n) is 7.19. The van der Waals surface area contributed by atoms with Crippen LogP contribution in [0.5, 0.6) is 0 Å². The number of Topliss-reactive ketones (excluding diaryl/α,β-unsaturated/α-hetero) is 1. The van der Waals surface area contributed by atoms with Crippen LogP contribution in [0.1, 0.15) is 35.9 Å². The van der Waals surface area contributed by atoms with Gasteiger partial charge in [-0.15, -0.1) is 0 Å². The number of carbonyl (C=O) groups excluding carboxylic acids is 1. The van der Waals surface area contributed by atoms with E-state index in [-0.39, 0.29) is 16.7 Å². The molecule has 0 aliphatic carbocycles. The molecule has 0 N–H and O–H groups in total. The molecule has 0 radical (unpaired) electrons. The molecule has 1 aliphatic heterocycles. The van der Waals surface area contributed by atoms with Crippen LogP contribution in [0.4, 0.5) is 0 Å². The fraction of sp³-hybridized carbons (Fsp3) is 0.312. The molecule has 1 aromatic carbocycles. The molecule has 6 heteroatoms. The third kappa shape index (κ3) is 2.38. The molecule has 0 amide bonds. The van der Waals surface area contributed by atoms with Gasteiger partial charge in [-0.1, -0.05) is 12.1 Å². The van der Waals surface area contributed by atoms with Gasteiger partial charge in [0.15, 0.2) is 5.78 Å². The van der Waals surface area contributed by atoms with Crippen LogP contribution in [0.25, 0.3) is 0 Å². The summed E-state index contributed by atoms with van der Waals surface area (Å²) in [6, 6.07) is 9.81. The van der Waals surface area contributed by atoms with E-state index in [0.29, 0.717) is 18.7 Å². The minimum atomic E-state index is -3.57. The fourth-order valence-corrected chi connectivity index (χ4v) is 4.48. The Hall–Kier alpha value is -1.92. The van der Waals surface area contributed by atoms with Crippen molar-refractivity contribution in [1.82, 2.24) is 8.87 Å². The average molecular weight is 318 g/mol. The lowest BCUT2D eigenvalue weighted by Gasteiger charge is -2.33. The molecule has 0 saturated carbocycles. The summed E-state index contributed by atoms with van der Waals surface area (Å²) in [5, 5.41) is 0. The number of fused-ring (bicyclic) bond motifs is 1. The Balaban J connectivity index is 1.95. The SMILES string of the molecule is CC(=O)c1ccc(S(=O)(=O)N2CCn3cccc3[C@H]2C)cc1. The van der Waals surface area contributed by atoms with Crippen molar-refractivity contribution in [3.63, 3.8) is 0 Å². The molecule has 0 fully saturated rings. The zero-order valence-corrected chi connectivity index (χ0v) is 13.4. The van der Waals surface area contributed by atoms with Crippen molar-refractivity contribution in [3.8, 4) is 0 Å². The molecule has 2 aromatic rings. The average Bonchev–Trinajstić information content (AvgIpc) is 2.97. The van der Waals surface area contributed by atoms with Crippen LogP contribution < -0.4 is 0 Å². The lowest BCUT2D eigenvalue weighted by Crippen LogP contribution is -2.40. The monoisotopic (exact) mass is 318 g/mol. The second-order valence-electron chi connectivity index (χ2n) is 5.50.